The van der Waals surface area contributed by atoms with Crippen molar-refractivity contribution >= 4 is 0 Å². The summed E-state index contributed by atoms with van der Waals surface area (Å²) in [5.41, 5.74) is 2.83. The largest absolute Gasteiger partial charge is 0.491 e. The van der Waals surface area contributed by atoms with Crippen molar-refractivity contribution in [2.24, 2.45) is 0 Å². The summed E-state index contributed by atoms with van der Waals surface area (Å²) in [6.07, 6.45) is 0. The smallest absolute Gasteiger partial charge is 0.119 e. The molecular weight excluding hydrogens is 544 g/mol. The molecular formula is C40H64O4. The Hall–Kier alpha value is -3.60. The van der Waals surface area contributed by atoms with E-state index in [1.54, 1.807) is 14.2 Å². The van der Waals surface area contributed by atoms with Gasteiger partial charge >= 0.3 is 0 Å². The molecule has 0 aliphatic carbocycles. The van der Waals surface area contributed by atoms with Crippen LogP contribution in [0, 0.1) is 0 Å². The fourth-order valence-electron chi connectivity index (χ4n) is 3.20. The molecule has 4 aromatic carbocycles. The SMILES string of the molecule is C.C.C.C.CC(C)c1ccccc1.CC(C)c1ccccc1.COCCOc1ccccc1.COCCOc1ccccc1. The molecule has 0 unspecified atom stereocenters. The van der Waals surface area contributed by atoms with Gasteiger partial charge in [0.1, 0.15) is 24.7 Å². The van der Waals surface area contributed by atoms with Crippen LogP contribution in [0.4, 0.5) is 0 Å². The fourth-order valence-corrected chi connectivity index (χ4v) is 3.20. The summed E-state index contributed by atoms with van der Waals surface area (Å²) in [6, 6.07) is 40.5. The first-order valence-electron chi connectivity index (χ1n) is 13.9. The van der Waals surface area contributed by atoms with Crippen molar-refractivity contribution in [3.8, 4) is 11.5 Å². The Morgan fingerprint density at radius 2 is 0.636 bits per heavy atom. The highest BCUT2D eigenvalue weighted by Gasteiger charge is 1.94. The van der Waals surface area contributed by atoms with Crippen LogP contribution in [0.15, 0.2) is 121 Å². The van der Waals surface area contributed by atoms with E-state index in [0.717, 1.165) is 11.5 Å². The maximum atomic E-state index is 5.32. The van der Waals surface area contributed by atoms with Gasteiger partial charge in [0.25, 0.3) is 0 Å². The van der Waals surface area contributed by atoms with Crippen LogP contribution in [0.5, 0.6) is 11.5 Å². The van der Waals surface area contributed by atoms with Crippen molar-refractivity contribution in [3.05, 3.63) is 132 Å². The standard InChI is InChI=1S/2C9H12O2.2C9H12.4CH4/c2*1-10-7-8-11-9-5-3-2-4-6-9;2*1-8(2)9-6-4-3-5-7-9;;;;/h2*2-6H,7-8H2,1H3;2*3-8H,1-2H3;4*1H4. The van der Waals surface area contributed by atoms with Gasteiger partial charge < -0.3 is 18.9 Å². The van der Waals surface area contributed by atoms with Crippen LogP contribution in [0.2, 0.25) is 0 Å². The third-order valence-corrected chi connectivity index (χ3v) is 5.53. The molecule has 0 amide bonds. The predicted molar refractivity (Wildman–Crippen MR) is 196 cm³/mol. The van der Waals surface area contributed by atoms with E-state index in [9.17, 15) is 0 Å². The zero-order chi connectivity index (χ0) is 29.3. The van der Waals surface area contributed by atoms with Crippen LogP contribution in [0.1, 0.15) is 80.4 Å². The first kappa shape index (κ1) is 47.3. The molecule has 0 spiro atoms. The zero-order valence-corrected chi connectivity index (χ0v) is 25.2. The number of hydrogen-bond acceptors (Lipinski definition) is 4. The maximum absolute atomic E-state index is 5.32. The lowest BCUT2D eigenvalue weighted by Gasteiger charge is -2.03. The molecule has 4 aromatic rings. The van der Waals surface area contributed by atoms with Crippen molar-refractivity contribution in [1.82, 2.24) is 0 Å². The number of ether oxygens (including phenoxy) is 4. The van der Waals surface area contributed by atoms with Gasteiger partial charge in [-0.25, -0.2) is 0 Å². The highest BCUT2D eigenvalue weighted by molar-refractivity contribution is 5.21. The van der Waals surface area contributed by atoms with Crippen molar-refractivity contribution in [3.63, 3.8) is 0 Å². The fraction of sp³-hybridized carbons (Fsp3) is 0.400. The molecule has 0 radical (unpaired) electrons. The highest BCUT2D eigenvalue weighted by atomic mass is 16.5. The monoisotopic (exact) mass is 608 g/mol. The second-order valence-electron chi connectivity index (χ2n) is 9.44. The molecule has 4 nitrogen and oxygen atoms in total. The van der Waals surface area contributed by atoms with E-state index in [1.165, 1.54) is 11.1 Å². The summed E-state index contributed by atoms with van der Waals surface area (Å²) in [6.45, 7) is 11.3. The summed E-state index contributed by atoms with van der Waals surface area (Å²) < 4.78 is 20.3. The third kappa shape index (κ3) is 24.9. The van der Waals surface area contributed by atoms with Crippen molar-refractivity contribution in [2.75, 3.05) is 40.6 Å². The van der Waals surface area contributed by atoms with Crippen molar-refractivity contribution < 1.29 is 18.9 Å². The number of hydrogen-bond donors (Lipinski definition) is 0. The van der Waals surface area contributed by atoms with Crippen molar-refractivity contribution in [2.45, 2.75) is 69.2 Å². The van der Waals surface area contributed by atoms with Gasteiger partial charge in [0.2, 0.25) is 0 Å². The first-order chi connectivity index (χ1) is 19.5. The number of benzene rings is 4. The molecule has 0 heterocycles. The minimum absolute atomic E-state index is 0. The van der Waals surface area contributed by atoms with Gasteiger partial charge in [0, 0.05) is 14.2 Å². The van der Waals surface area contributed by atoms with E-state index in [4.69, 9.17) is 18.9 Å². The van der Waals surface area contributed by atoms with Crippen molar-refractivity contribution in [1.29, 1.82) is 0 Å². The number of para-hydroxylation sites is 2. The molecule has 0 aliphatic heterocycles. The lowest BCUT2D eigenvalue weighted by Crippen LogP contribution is -2.03. The summed E-state index contributed by atoms with van der Waals surface area (Å²) in [7, 11) is 3.32. The molecule has 0 saturated carbocycles. The Labute approximate surface area is 272 Å². The molecule has 4 rings (SSSR count). The predicted octanol–water partition coefficient (Wildman–Crippen LogP) is 11.6. The highest BCUT2D eigenvalue weighted by Crippen LogP contribution is 2.12. The van der Waals surface area contributed by atoms with Crippen LogP contribution in [0.3, 0.4) is 0 Å². The second-order valence-corrected chi connectivity index (χ2v) is 9.44. The first-order valence-corrected chi connectivity index (χ1v) is 13.9. The average molecular weight is 609 g/mol. The minimum Gasteiger partial charge on any atom is -0.491 e. The molecule has 248 valence electrons. The molecule has 0 N–H and O–H groups in total. The molecule has 4 heteroatoms. The molecule has 0 saturated heterocycles. The second kappa shape index (κ2) is 32.3. The Morgan fingerprint density at radius 3 is 0.841 bits per heavy atom. The van der Waals surface area contributed by atoms with Crippen LogP contribution >= 0.6 is 0 Å². The maximum Gasteiger partial charge on any atom is 0.119 e. The number of rotatable bonds is 10. The van der Waals surface area contributed by atoms with E-state index < -0.39 is 0 Å². The third-order valence-electron chi connectivity index (χ3n) is 5.53. The van der Waals surface area contributed by atoms with Gasteiger partial charge in [0.15, 0.2) is 0 Å². The van der Waals surface area contributed by atoms with Gasteiger partial charge in [-0.3, -0.25) is 0 Å². The summed E-state index contributed by atoms with van der Waals surface area (Å²) in [4.78, 5) is 0. The Bertz CT molecular complexity index is 965. The molecule has 44 heavy (non-hydrogen) atoms. The van der Waals surface area contributed by atoms with E-state index in [2.05, 4.69) is 76.2 Å². The van der Waals surface area contributed by atoms with Gasteiger partial charge in [-0.05, 0) is 47.2 Å². The van der Waals surface area contributed by atoms with E-state index >= 15 is 0 Å². The number of methoxy groups -OCH3 is 2. The normalized spacial score (nSPS) is 8.91. The average Bonchev–Trinajstić information content (AvgIpc) is 3.00. The van der Waals surface area contributed by atoms with E-state index in [-0.39, 0.29) is 29.7 Å². The zero-order valence-electron chi connectivity index (χ0n) is 25.2. The van der Waals surface area contributed by atoms with Gasteiger partial charge in [-0.2, -0.15) is 0 Å². The van der Waals surface area contributed by atoms with Gasteiger partial charge in [-0.15, -0.1) is 0 Å². The molecule has 0 aliphatic rings. The van der Waals surface area contributed by atoms with Crippen LogP contribution in [0.25, 0.3) is 0 Å². The quantitative estimate of drug-likeness (QED) is 0.168. The summed E-state index contributed by atoms with van der Waals surface area (Å²) >= 11 is 0. The summed E-state index contributed by atoms with van der Waals surface area (Å²) in [5.74, 6) is 3.10. The van der Waals surface area contributed by atoms with Crippen LogP contribution in [-0.2, 0) is 9.47 Å². The Balaban J connectivity index is -0.000000236. The van der Waals surface area contributed by atoms with Gasteiger partial charge in [0.05, 0.1) is 13.2 Å². The molecule has 0 fully saturated rings. The van der Waals surface area contributed by atoms with Crippen LogP contribution < -0.4 is 9.47 Å². The van der Waals surface area contributed by atoms with E-state index in [1.807, 2.05) is 72.8 Å². The molecule has 0 atom stereocenters. The van der Waals surface area contributed by atoms with E-state index in [0.29, 0.717) is 38.3 Å². The topological polar surface area (TPSA) is 36.9 Å². The Kier molecular flexibility index (Phi) is 34.8. The lowest BCUT2D eigenvalue weighted by molar-refractivity contribution is 0.146. The Morgan fingerprint density at radius 1 is 0.386 bits per heavy atom. The van der Waals surface area contributed by atoms with Gasteiger partial charge in [-0.1, -0.05) is 154 Å². The molecule has 0 bridgehead atoms. The van der Waals surface area contributed by atoms with Crippen LogP contribution in [-0.4, -0.2) is 40.6 Å². The summed E-state index contributed by atoms with van der Waals surface area (Å²) in [5, 5.41) is 0. The molecule has 0 aromatic heterocycles. The minimum atomic E-state index is 0. The lowest BCUT2D eigenvalue weighted by atomic mass is 10.0.